The summed E-state index contributed by atoms with van der Waals surface area (Å²) in [7, 11) is 1.63. The van der Waals surface area contributed by atoms with Crippen molar-refractivity contribution >= 4 is 28.3 Å². The number of aliphatic hydroxyl groups excluding tert-OH is 1. The van der Waals surface area contributed by atoms with E-state index in [9.17, 15) is 5.11 Å². The van der Waals surface area contributed by atoms with Crippen molar-refractivity contribution in [2.75, 3.05) is 33.4 Å². The fourth-order valence-electron chi connectivity index (χ4n) is 2.49. The smallest absolute Gasteiger partial charge is 0.175 e. The van der Waals surface area contributed by atoms with Crippen LogP contribution in [-0.4, -0.2) is 44.6 Å². The van der Waals surface area contributed by atoms with E-state index in [4.69, 9.17) is 9.47 Å². The number of β-amino-alcohol motifs (C(OH)–C–C–N with tert-alkyl or cyclic N) is 1. The molecule has 1 saturated heterocycles. The van der Waals surface area contributed by atoms with E-state index in [0.29, 0.717) is 31.2 Å². The average Bonchev–Trinajstić information content (AvgIpc) is 2.91. The molecule has 0 amide bonds. The van der Waals surface area contributed by atoms with Crippen LogP contribution < -0.4 is 20.1 Å². The lowest BCUT2D eigenvalue weighted by Gasteiger charge is -2.16. The molecule has 2 rings (SSSR count). The molecular weight excluding hydrogens is 384 g/mol. The van der Waals surface area contributed by atoms with Gasteiger partial charge in [0.1, 0.15) is 6.61 Å². The lowest BCUT2D eigenvalue weighted by atomic mass is 10.1. The minimum atomic E-state index is -0.261. The first kappa shape index (κ1) is 20.3. The Hall–Kier alpha value is -0.790. The van der Waals surface area contributed by atoms with Crippen LogP contribution in [0.25, 0.3) is 0 Å². The van der Waals surface area contributed by atoms with Gasteiger partial charge in [0.05, 0.1) is 17.7 Å². The standard InChI is InChI=1S/C16H23BrN2O3.ClH/c1-3-4-22-16-13(17)5-11(6-15(16)21-2)7-18-8-12-9-19-10-14(12)20;/h3,5-6,12,14,18-20H,1,4,7-10H2,2H3;1H. The number of hydrogen-bond donors (Lipinski definition) is 3. The molecule has 1 aliphatic heterocycles. The van der Waals surface area contributed by atoms with Gasteiger partial charge in [0.2, 0.25) is 0 Å². The number of nitrogens with one attached hydrogen (secondary N) is 2. The number of rotatable bonds is 8. The first-order chi connectivity index (χ1) is 10.7. The minimum Gasteiger partial charge on any atom is -0.493 e. The van der Waals surface area contributed by atoms with Gasteiger partial charge in [-0.1, -0.05) is 12.7 Å². The summed E-state index contributed by atoms with van der Waals surface area (Å²) in [6.45, 7) is 7.10. The van der Waals surface area contributed by atoms with Crippen LogP contribution in [0.3, 0.4) is 0 Å². The predicted octanol–water partition coefficient (Wildman–Crippen LogP) is 2.11. The molecule has 1 aromatic rings. The number of benzene rings is 1. The zero-order valence-corrected chi connectivity index (χ0v) is 15.6. The fraction of sp³-hybridized carbons (Fsp3) is 0.500. The molecule has 3 N–H and O–H groups in total. The normalized spacial score (nSPS) is 20.0. The first-order valence-corrected chi connectivity index (χ1v) is 8.14. The number of hydrogen-bond acceptors (Lipinski definition) is 5. The summed E-state index contributed by atoms with van der Waals surface area (Å²) in [5.74, 6) is 1.64. The van der Waals surface area contributed by atoms with Crippen LogP contribution in [0.5, 0.6) is 11.5 Å². The van der Waals surface area contributed by atoms with E-state index < -0.39 is 0 Å². The van der Waals surface area contributed by atoms with Crippen LogP contribution in [0.4, 0.5) is 0 Å². The minimum absolute atomic E-state index is 0. The van der Waals surface area contributed by atoms with Crippen LogP contribution >= 0.6 is 28.3 Å². The highest BCUT2D eigenvalue weighted by atomic mass is 79.9. The molecular formula is C16H24BrClN2O3. The topological polar surface area (TPSA) is 62.8 Å². The third-order valence-electron chi connectivity index (χ3n) is 3.67. The van der Waals surface area contributed by atoms with Crippen molar-refractivity contribution in [1.29, 1.82) is 0 Å². The Balaban J connectivity index is 0.00000264. The van der Waals surface area contributed by atoms with Crippen molar-refractivity contribution in [1.82, 2.24) is 10.6 Å². The summed E-state index contributed by atoms with van der Waals surface area (Å²) in [6.07, 6.45) is 1.44. The van der Waals surface area contributed by atoms with Crippen molar-refractivity contribution in [3.05, 3.63) is 34.8 Å². The van der Waals surface area contributed by atoms with Gasteiger partial charge in [-0.3, -0.25) is 0 Å². The molecule has 1 aliphatic rings. The van der Waals surface area contributed by atoms with Crippen molar-refractivity contribution in [3.63, 3.8) is 0 Å². The molecule has 2 atom stereocenters. The monoisotopic (exact) mass is 406 g/mol. The Labute approximate surface area is 152 Å². The second-order valence-corrected chi connectivity index (χ2v) is 6.18. The third kappa shape index (κ3) is 5.65. The van der Waals surface area contributed by atoms with Crippen LogP contribution in [0, 0.1) is 5.92 Å². The van der Waals surface area contributed by atoms with Crippen molar-refractivity contribution in [2.45, 2.75) is 12.6 Å². The quantitative estimate of drug-likeness (QED) is 0.576. The molecule has 1 fully saturated rings. The summed E-state index contributed by atoms with van der Waals surface area (Å²) >= 11 is 3.52. The van der Waals surface area contributed by atoms with E-state index in [0.717, 1.165) is 23.1 Å². The maximum Gasteiger partial charge on any atom is 0.175 e. The fourth-order valence-corrected chi connectivity index (χ4v) is 3.09. The molecule has 7 heteroatoms. The van der Waals surface area contributed by atoms with Gasteiger partial charge in [-0.05, 0) is 33.6 Å². The zero-order valence-electron chi connectivity index (χ0n) is 13.2. The summed E-state index contributed by atoms with van der Waals surface area (Å²) in [4.78, 5) is 0. The molecule has 0 radical (unpaired) electrons. The number of methoxy groups -OCH3 is 1. The second kappa shape index (κ2) is 10.2. The van der Waals surface area contributed by atoms with Crippen molar-refractivity contribution in [2.24, 2.45) is 5.92 Å². The van der Waals surface area contributed by atoms with Crippen LogP contribution in [0.2, 0.25) is 0 Å². The molecule has 0 bridgehead atoms. The number of ether oxygens (including phenoxy) is 2. The summed E-state index contributed by atoms with van der Waals surface area (Å²) in [6, 6.07) is 3.97. The van der Waals surface area contributed by atoms with Crippen LogP contribution in [0.15, 0.2) is 29.3 Å². The Bertz CT molecular complexity index is 516. The largest absolute Gasteiger partial charge is 0.493 e. The van der Waals surface area contributed by atoms with Gasteiger partial charge in [0.25, 0.3) is 0 Å². The van der Waals surface area contributed by atoms with Crippen molar-refractivity contribution in [3.8, 4) is 11.5 Å². The van der Waals surface area contributed by atoms with E-state index in [2.05, 4.69) is 33.1 Å². The van der Waals surface area contributed by atoms with Gasteiger partial charge >= 0.3 is 0 Å². The Morgan fingerprint density at radius 1 is 1.48 bits per heavy atom. The molecule has 0 saturated carbocycles. The molecule has 0 spiro atoms. The Morgan fingerprint density at radius 3 is 2.87 bits per heavy atom. The van der Waals surface area contributed by atoms with E-state index in [1.54, 1.807) is 13.2 Å². The van der Waals surface area contributed by atoms with Gasteiger partial charge in [-0.25, -0.2) is 0 Å². The van der Waals surface area contributed by atoms with Gasteiger partial charge < -0.3 is 25.2 Å². The molecule has 1 aromatic carbocycles. The predicted molar refractivity (Wildman–Crippen MR) is 97.7 cm³/mol. The molecule has 23 heavy (non-hydrogen) atoms. The number of halogens is 2. The summed E-state index contributed by atoms with van der Waals surface area (Å²) in [5, 5.41) is 16.3. The SMILES string of the molecule is C=CCOc1c(Br)cc(CNCC2CNCC2O)cc1OC.Cl. The average molecular weight is 408 g/mol. The third-order valence-corrected chi connectivity index (χ3v) is 4.26. The van der Waals surface area contributed by atoms with Crippen LogP contribution in [0.1, 0.15) is 5.56 Å². The molecule has 5 nitrogen and oxygen atoms in total. The molecule has 130 valence electrons. The van der Waals surface area contributed by atoms with Gasteiger partial charge in [-0.2, -0.15) is 0 Å². The van der Waals surface area contributed by atoms with Gasteiger partial charge in [0, 0.05) is 32.1 Å². The maximum atomic E-state index is 9.78. The highest BCUT2D eigenvalue weighted by Crippen LogP contribution is 2.36. The summed E-state index contributed by atoms with van der Waals surface area (Å²) in [5.41, 5.74) is 1.09. The molecule has 2 unspecified atom stereocenters. The molecule has 0 aromatic heterocycles. The van der Waals surface area contributed by atoms with E-state index in [1.165, 1.54) is 0 Å². The van der Waals surface area contributed by atoms with Crippen LogP contribution in [-0.2, 0) is 6.54 Å². The lowest BCUT2D eigenvalue weighted by Crippen LogP contribution is -2.30. The second-order valence-electron chi connectivity index (χ2n) is 5.33. The highest BCUT2D eigenvalue weighted by Gasteiger charge is 2.24. The highest BCUT2D eigenvalue weighted by molar-refractivity contribution is 9.10. The molecule has 0 aliphatic carbocycles. The maximum absolute atomic E-state index is 9.78. The lowest BCUT2D eigenvalue weighted by molar-refractivity contribution is 0.146. The van der Waals surface area contributed by atoms with E-state index >= 15 is 0 Å². The zero-order chi connectivity index (χ0) is 15.9. The Morgan fingerprint density at radius 2 is 2.26 bits per heavy atom. The first-order valence-electron chi connectivity index (χ1n) is 7.35. The van der Waals surface area contributed by atoms with Crippen molar-refractivity contribution < 1.29 is 14.6 Å². The Kier molecular flexibility index (Phi) is 8.94. The van der Waals surface area contributed by atoms with Gasteiger partial charge in [-0.15, -0.1) is 12.4 Å². The van der Waals surface area contributed by atoms with E-state index in [1.807, 2.05) is 12.1 Å². The number of aliphatic hydroxyl groups is 1. The molecule has 1 heterocycles. The van der Waals surface area contributed by atoms with E-state index in [-0.39, 0.29) is 24.4 Å². The summed E-state index contributed by atoms with van der Waals surface area (Å²) < 4.78 is 11.9. The van der Waals surface area contributed by atoms with Gasteiger partial charge in [0.15, 0.2) is 11.5 Å².